The fraction of sp³-hybridized carbons (Fsp3) is 0.556. The molecule has 7 heteroatoms. The maximum atomic E-state index is 12.8. The van der Waals surface area contributed by atoms with Crippen LogP contribution in [0.4, 0.5) is 4.79 Å². The van der Waals surface area contributed by atoms with Crippen LogP contribution in [0, 0.1) is 0 Å². The summed E-state index contributed by atoms with van der Waals surface area (Å²) in [7, 11) is 0. The first-order chi connectivity index (χ1) is 12.0. The minimum atomic E-state index is -0.931. The first-order valence-electron chi connectivity index (χ1n) is 8.71. The van der Waals surface area contributed by atoms with Crippen LogP contribution in [0.25, 0.3) is 0 Å². The van der Waals surface area contributed by atoms with E-state index in [1.165, 1.54) is 0 Å². The van der Waals surface area contributed by atoms with Crippen molar-refractivity contribution in [1.29, 1.82) is 0 Å². The number of imide groups is 1. The molecule has 1 saturated carbocycles. The number of halogens is 1. The van der Waals surface area contributed by atoms with Crippen LogP contribution in [-0.2, 0) is 4.79 Å². The lowest BCUT2D eigenvalue weighted by Crippen LogP contribution is -2.47. The van der Waals surface area contributed by atoms with Crippen molar-refractivity contribution in [3.05, 3.63) is 28.7 Å². The molecule has 3 amide bonds. The van der Waals surface area contributed by atoms with Gasteiger partial charge in [0.05, 0.1) is 6.54 Å². The number of benzene rings is 1. The molecule has 3 rings (SSSR count). The van der Waals surface area contributed by atoms with E-state index < -0.39 is 17.7 Å². The summed E-state index contributed by atoms with van der Waals surface area (Å²) in [5.74, 6) is 0.418. The number of carbonyl (C=O) groups is 2. The fourth-order valence-electron chi connectivity index (χ4n) is 3.50. The highest BCUT2D eigenvalue weighted by atomic mass is 79.9. The zero-order valence-electron chi connectivity index (χ0n) is 14.0. The summed E-state index contributed by atoms with van der Waals surface area (Å²) in [5.41, 5.74) is -0.764. The van der Waals surface area contributed by atoms with E-state index in [9.17, 15) is 14.7 Å². The van der Waals surface area contributed by atoms with E-state index in [4.69, 9.17) is 4.74 Å². The van der Waals surface area contributed by atoms with Gasteiger partial charge in [-0.25, -0.2) is 4.79 Å². The Morgan fingerprint density at radius 3 is 2.44 bits per heavy atom. The molecule has 2 aliphatic rings. The number of rotatable bonds is 5. The normalized spacial score (nSPS) is 21.1. The molecule has 1 aromatic rings. The predicted octanol–water partition coefficient (Wildman–Crippen LogP) is 2.83. The van der Waals surface area contributed by atoms with Crippen molar-refractivity contribution in [3.8, 4) is 5.75 Å². The molecular weight excluding hydrogens is 388 g/mol. The molecular formula is C18H23BrN2O4. The van der Waals surface area contributed by atoms with Gasteiger partial charge in [-0.1, -0.05) is 41.6 Å². The average Bonchev–Trinajstić information content (AvgIpc) is 2.76. The molecule has 1 heterocycles. The lowest BCUT2D eigenvalue weighted by atomic mass is 9.90. The highest BCUT2D eigenvalue weighted by Gasteiger charge is 2.50. The van der Waals surface area contributed by atoms with Crippen LogP contribution in [0.5, 0.6) is 5.75 Å². The van der Waals surface area contributed by atoms with E-state index in [0.29, 0.717) is 18.6 Å². The molecule has 0 bridgehead atoms. The Bertz CT molecular complexity index is 626. The summed E-state index contributed by atoms with van der Waals surface area (Å²) in [4.78, 5) is 26.2. The van der Waals surface area contributed by atoms with Crippen molar-refractivity contribution < 1.29 is 19.4 Å². The van der Waals surface area contributed by atoms with Gasteiger partial charge in [-0.2, -0.15) is 0 Å². The number of nitrogens with zero attached hydrogens (tertiary/aromatic N) is 1. The Kier molecular flexibility index (Phi) is 5.64. The minimum absolute atomic E-state index is 0.0195. The average molecular weight is 411 g/mol. The van der Waals surface area contributed by atoms with E-state index in [1.54, 1.807) is 12.1 Å². The van der Waals surface area contributed by atoms with Gasteiger partial charge in [0, 0.05) is 4.47 Å². The molecule has 136 valence electrons. The molecule has 1 aliphatic heterocycles. The van der Waals surface area contributed by atoms with Crippen LogP contribution in [0.1, 0.15) is 38.5 Å². The second kappa shape index (κ2) is 7.74. The lowest BCUT2D eigenvalue weighted by Gasteiger charge is -2.25. The molecule has 25 heavy (non-hydrogen) atoms. The van der Waals surface area contributed by atoms with Gasteiger partial charge in [0.25, 0.3) is 5.91 Å². The Balaban J connectivity index is 1.57. The summed E-state index contributed by atoms with van der Waals surface area (Å²) in [6, 6.07) is 6.84. The van der Waals surface area contributed by atoms with Crippen molar-refractivity contribution >= 4 is 27.9 Å². The van der Waals surface area contributed by atoms with Gasteiger partial charge >= 0.3 is 6.03 Å². The molecule has 0 radical (unpaired) electrons. The van der Waals surface area contributed by atoms with Gasteiger partial charge in [0.2, 0.25) is 0 Å². The topological polar surface area (TPSA) is 78.9 Å². The largest absolute Gasteiger partial charge is 0.491 e. The number of nitrogens with one attached hydrogen (secondary N) is 1. The third-order valence-electron chi connectivity index (χ3n) is 4.85. The molecule has 2 fully saturated rings. The van der Waals surface area contributed by atoms with E-state index >= 15 is 0 Å². The fourth-order valence-corrected chi connectivity index (χ4v) is 3.76. The quantitative estimate of drug-likeness (QED) is 0.731. The van der Waals surface area contributed by atoms with Crippen LogP contribution < -0.4 is 10.1 Å². The number of carbonyl (C=O) groups excluding carboxylic acids is 2. The van der Waals surface area contributed by atoms with Crippen LogP contribution in [0.15, 0.2) is 28.7 Å². The molecule has 1 aliphatic carbocycles. The highest BCUT2D eigenvalue weighted by Crippen LogP contribution is 2.32. The number of aliphatic hydroxyl groups is 1. The summed E-state index contributed by atoms with van der Waals surface area (Å²) >= 11 is 3.34. The number of amides is 3. The van der Waals surface area contributed by atoms with E-state index in [2.05, 4.69) is 21.2 Å². The van der Waals surface area contributed by atoms with Crippen molar-refractivity contribution in [3.63, 3.8) is 0 Å². The zero-order chi connectivity index (χ0) is 17.9. The Morgan fingerprint density at radius 1 is 1.16 bits per heavy atom. The Morgan fingerprint density at radius 2 is 1.80 bits per heavy atom. The van der Waals surface area contributed by atoms with Gasteiger partial charge in [-0.3, -0.25) is 9.69 Å². The Labute approximate surface area is 155 Å². The van der Waals surface area contributed by atoms with Crippen LogP contribution in [-0.4, -0.2) is 46.7 Å². The van der Waals surface area contributed by atoms with Crippen molar-refractivity contribution in [1.82, 2.24) is 10.2 Å². The summed E-state index contributed by atoms with van der Waals surface area (Å²) in [6.45, 7) is -0.0331. The second-order valence-electron chi connectivity index (χ2n) is 6.76. The Hall–Kier alpha value is -1.60. The summed E-state index contributed by atoms with van der Waals surface area (Å²) in [5, 5.41) is 13.1. The molecule has 0 aromatic heterocycles. The van der Waals surface area contributed by atoms with E-state index in [-0.39, 0.29) is 19.1 Å². The van der Waals surface area contributed by atoms with Crippen molar-refractivity contribution in [2.75, 3.05) is 13.2 Å². The highest BCUT2D eigenvalue weighted by molar-refractivity contribution is 9.10. The zero-order valence-corrected chi connectivity index (χ0v) is 15.6. The monoisotopic (exact) mass is 410 g/mol. The van der Waals surface area contributed by atoms with Crippen molar-refractivity contribution in [2.24, 2.45) is 0 Å². The van der Waals surface area contributed by atoms with E-state index in [1.807, 2.05) is 12.1 Å². The number of ether oxygens (including phenoxy) is 1. The molecule has 1 saturated heterocycles. The maximum absolute atomic E-state index is 12.8. The third-order valence-corrected chi connectivity index (χ3v) is 5.38. The molecule has 1 unspecified atom stereocenters. The molecule has 1 aromatic carbocycles. The maximum Gasteiger partial charge on any atom is 0.325 e. The van der Waals surface area contributed by atoms with Crippen LogP contribution in [0.2, 0.25) is 0 Å². The number of hydrogen-bond donors (Lipinski definition) is 2. The standard InChI is InChI=1S/C18H23BrN2O4/c19-13-5-7-15(8-6-13)25-12-14(22)11-21-16(23)18(20-17(21)24)9-3-1-2-4-10-18/h5-8,14,22H,1-4,9-12H2,(H,20,24). The second-order valence-corrected chi connectivity index (χ2v) is 7.68. The molecule has 1 spiro atoms. The van der Waals surface area contributed by atoms with Crippen LogP contribution in [0.3, 0.4) is 0 Å². The summed E-state index contributed by atoms with van der Waals surface area (Å²) in [6.07, 6.45) is 4.49. The first kappa shape index (κ1) is 18.2. The number of aliphatic hydroxyl groups excluding tert-OH is 1. The first-order valence-corrected chi connectivity index (χ1v) is 9.50. The van der Waals surface area contributed by atoms with Gasteiger partial charge in [0.15, 0.2) is 0 Å². The smallest absolute Gasteiger partial charge is 0.325 e. The predicted molar refractivity (Wildman–Crippen MR) is 96.3 cm³/mol. The van der Waals surface area contributed by atoms with Crippen molar-refractivity contribution in [2.45, 2.75) is 50.2 Å². The van der Waals surface area contributed by atoms with Crippen LogP contribution >= 0.6 is 15.9 Å². The molecule has 6 nitrogen and oxygen atoms in total. The number of β-amino-alcohol motifs (C(OH)–C–C–N with tert-alkyl or cyclic N) is 1. The van der Waals surface area contributed by atoms with Gasteiger partial charge in [-0.15, -0.1) is 0 Å². The third kappa shape index (κ3) is 4.15. The van der Waals surface area contributed by atoms with E-state index in [0.717, 1.165) is 35.1 Å². The lowest BCUT2D eigenvalue weighted by molar-refractivity contribution is -0.132. The number of hydrogen-bond acceptors (Lipinski definition) is 4. The molecule has 1 atom stereocenters. The van der Waals surface area contributed by atoms with Gasteiger partial charge in [0.1, 0.15) is 24.0 Å². The summed E-state index contributed by atoms with van der Waals surface area (Å²) < 4.78 is 6.46. The minimum Gasteiger partial charge on any atom is -0.491 e. The SMILES string of the molecule is O=C1NC2(CCCCCC2)C(=O)N1CC(O)COc1ccc(Br)cc1. The molecule has 2 N–H and O–H groups in total. The van der Waals surface area contributed by atoms with Gasteiger partial charge < -0.3 is 15.2 Å². The number of urea groups is 1. The van der Waals surface area contributed by atoms with Gasteiger partial charge in [-0.05, 0) is 37.1 Å².